The molecule has 33 heavy (non-hydrogen) atoms. The van der Waals surface area contributed by atoms with Gasteiger partial charge in [0, 0.05) is 45.6 Å². The Kier molecular flexibility index (Phi) is 7.22. The summed E-state index contributed by atoms with van der Waals surface area (Å²) in [5, 5.41) is 2.93. The van der Waals surface area contributed by atoms with Crippen LogP contribution in [0.25, 0.3) is 0 Å². The predicted octanol–water partition coefficient (Wildman–Crippen LogP) is 2.81. The predicted molar refractivity (Wildman–Crippen MR) is 125 cm³/mol. The van der Waals surface area contributed by atoms with Gasteiger partial charge in [-0.1, -0.05) is 25.1 Å². The third kappa shape index (κ3) is 5.69. The molecule has 2 heterocycles. The molecule has 0 aliphatic carbocycles. The van der Waals surface area contributed by atoms with Crippen LogP contribution in [0.1, 0.15) is 25.3 Å². The summed E-state index contributed by atoms with van der Waals surface area (Å²) in [5.41, 5.74) is 2.00. The molecule has 1 N–H and O–H groups in total. The molecular formula is C25H31N3O5. The van der Waals surface area contributed by atoms with E-state index in [1.807, 2.05) is 54.3 Å². The molecule has 2 amide bonds. The van der Waals surface area contributed by atoms with Crippen LogP contribution in [0.5, 0.6) is 17.2 Å². The second kappa shape index (κ2) is 10.5. The summed E-state index contributed by atoms with van der Waals surface area (Å²) < 4.78 is 16.1. The number of hydrogen-bond acceptors (Lipinski definition) is 6. The lowest BCUT2D eigenvalue weighted by atomic mass is 10.0. The number of anilines is 1. The summed E-state index contributed by atoms with van der Waals surface area (Å²) in [6.07, 6.45) is 0.684. The van der Waals surface area contributed by atoms with E-state index in [0.29, 0.717) is 38.2 Å². The number of methoxy groups -OCH3 is 1. The number of ether oxygens (including phenoxy) is 3. The normalized spacial score (nSPS) is 15.8. The smallest absolute Gasteiger partial charge is 0.231 e. The van der Waals surface area contributed by atoms with Crippen molar-refractivity contribution in [3.05, 3.63) is 48.0 Å². The molecule has 4 rings (SSSR count). The first-order valence-corrected chi connectivity index (χ1v) is 11.3. The van der Waals surface area contributed by atoms with Gasteiger partial charge in [-0.05, 0) is 35.7 Å². The van der Waals surface area contributed by atoms with Crippen molar-refractivity contribution < 1.29 is 23.8 Å². The van der Waals surface area contributed by atoms with Gasteiger partial charge in [-0.15, -0.1) is 0 Å². The Bertz CT molecular complexity index is 988. The molecular weight excluding hydrogens is 422 g/mol. The highest BCUT2D eigenvalue weighted by atomic mass is 16.7. The third-order valence-electron chi connectivity index (χ3n) is 6.04. The Labute approximate surface area is 194 Å². The van der Waals surface area contributed by atoms with Crippen molar-refractivity contribution in [1.29, 1.82) is 0 Å². The van der Waals surface area contributed by atoms with Gasteiger partial charge in [0.2, 0.25) is 18.6 Å². The van der Waals surface area contributed by atoms with E-state index in [9.17, 15) is 9.59 Å². The highest BCUT2D eigenvalue weighted by Crippen LogP contribution is 2.32. The number of hydrogen-bond donors (Lipinski definition) is 1. The van der Waals surface area contributed by atoms with Crippen molar-refractivity contribution >= 4 is 17.5 Å². The van der Waals surface area contributed by atoms with Gasteiger partial charge >= 0.3 is 0 Å². The van der Waals surface area contributed by atoms with Crippen LogP contribution in [-0.4, -0.2) is 56.8 Å². The summed E-state index contributed by atoms with van der Waals surface area (Å²) in [7, 11) is 1.67. The van der Waals surface area contributed by atoms with Crippen LogP contribution in [0.2, 0.25) is 0 Å². The van der Waals surface area contributed by atoms with Crippen LogP contribution < -0.4 is 24.4 Å². The number of fused-ring (bicyclic) bond motifs is 1. The van der Waals surface area contributed by atoms with Gasteiger partial charge in [0.05, 0.1) is 12.8 Å². The lowest BCUT2D eigenvalue weighted by Crippen LogP contribution is -2.49. The Morgan fingerprint density at radius 2 is 1.79 bits per heavy atom. The highest BCUT2D eigenvalue weighted by Gasteiger charge is 2.24. The van der Waals surface area contributed by atoms with E-state index in [0.717, 1.165) is 35.8 Å². The first kappa shape index (κ1) is 22.8. The van der Waals surface area contributed by atoms with Gasteiger partial charge in [-0.3, -0.25) is 9.59 Å². The van der Waals surface area contributed by atoms with Crippen LogP contribution in [0.3, 0.4) is 0 Å². The zero-order valence-electron chi connectivity index (χ0n) is 19.2. The van der Waals surface area contributed by atoms with Crippen LogP contribution >= 0.6 is 0 Å². The molecule has 0 bridgehead atoms. The molecule has 0 aromatic heterocycles. The second-order valence-electron chi connectivity index (χ2n) is 8.52. The van der Waals surface area contributed by atoms with Crippen molar-refractivity contribution in [3.8, 4) is 17.2 Å². The number of piperazine rings is 1. The fraction of sp³-hybridized carbons (Fsp3) is 0.440. The first-order valence-electron chi connectivity index (χ1n) is 11.3. The average Bonchev–Trinajstić information content (AvgIpc) is 3.30. The maximum Gasteiger partial charge on any atom is 0.231 e. The number of carbonyl (C=O) groups excluding carboxylic acids is 2. The Balaban J connectivity index is 1.19. The van der Waals surface area contributed by atoms with Crippen LogP contribution in [0.4, 0.5) is 5.69 Å². The average molecular weight is 454 g/mol. The number of carbonyl (C=O) groups is 2. The zero-order chi connectivity index (χ0) is 23.2. The molecule has 8 heteroatoms. The van der Waals surface area contributed by atoms with Gasteiger partial charge in [0.15, 0.2) is 11.5 Å². The molecule has 176 valence electrons. The van der Waals surface area contributed by atoms with Gasteiger partial charge in [0.1, 0.15) is 5.75 Å². The maximum atomic E-state index is 12.8. The van der Waals surface area contributed by atoms with Crippen LogP contribution in [0.15, 0.2) is 42.5 Å². The van der Waals surface area contributed by atoms with E-state index in [1.54, 1.807) is 7.11 Å². The highest BCUT2D eigenvalue weighted by molar-refractivity contribution is 5.79. The molecule has 0 unspecified atom stereocenters. The van der Waals surface area contributed by atoms with E-state index in [-0.39, 0.29) is 24.5 Å². The van der Waals surface area contributed by atoms with Gasteiger partial charge < -0.3 is 29.3 Å². The number of amides is 2. The minimum Gasteiger partial charge on any atom is -0.495 e. The van der Waals surface area contributed by atoms with Crippen molar-refractivity contribution in [2.45, 2.75) is 26.3 Å². The molecule has 1 fully saturated rings. The van der Waals surface area contributed by atoms with Gasteiger partial charge in [0.25, 0.3) is 0 Å². The second-order valence-corrected chi connectivity index (χ2v) is 8.52. The molecule has 0 spiro atoms. The summed E-state index contributed by atoms with van der Waals surface area (Å²) >= 11 is 0. The van der Waals surface area contributed by atoms with Crippen molar-refractivity contribution in [3.63, 3.8) is 0 Å². The lowest BCUT2D eigenvalue weighted by Gasteiger charge is -2.37. The van der Waals surface area contributed by atoms with Crippen molar-refractivity contribution in [2.24, 2.45) is 5.92 Å². The largest absolute Gasteiger partial charge is 0.495 e. The van der Waals surface area contributed by atoms with Crippen molar-refractivity contribution in [1.82, 2.24) is 10.2 Å². The Morgan fingerprint density at radius 3 is 2.58 bits per heavy atom. The number of nitrogens with one attached hydrogen (secondary N) is 1. The maximum absolute atomic E-state index is 12.8. The number of benzene rings is 2. The third-order valence-corrected chi connectivity index (χ3v) is 6.04. The fourth-order valence-corrected chi connectivity index (χ4v) is 4.23. The zero-order valence-corrected chi connectivity index (χ0v) is 19.2. The molecule has 1 atom stereocenters. The molecule has 2 aliphatic rings. The monoisotopic (exact) mass is 453 g/mol. The SMILES string of the molecule is COc1ccccc1N1CCN(C(=O)C[C@@H](C)CC(=O)NCc2ccc3c(c2)OCO3)CC1. The van der Waals surface area contributed by atoms with E-state index >= 15 is 0 Å². The minimum atomic E-state index is -0.0611. The molecule has 2 aromatic rings. The van der Waals surface area contributed by atoms with Crippen LogP contribution in [0, 0.1) is 5.92 Å². The summed E-state index contributed by atoms with van der Waals surface area (Å²) in [6.45, 7) is 5.45. The number of rotatable bonds is 8. The van der Waals surface area contributed by atoms with E-state index < -0.39 is 0 Å². The lowest BCUT2D eigenvalue weighted by molar-refractivity contribution is -0.132. The fourth-order valence-electron chi connectivity index (χ4n) is 4.23. The standard InChI is InChI=1S/C25H31N3O5/c1-18(13-24(29)26-16-19-7-8-22-23(15-19)33-17-32-22)14-25(30)28-11-9-27(10-12-28)20-5-3-4-6-21(20)31-2/h3-8,15,18H,9-14,16-17H2,1-2H3,(H,26,29)/t18-/m0/s1. The van der Waals surface area contributed by atoms with Gasteiger partial charge in [-0.25, -0.2) is 0 Å². The quantitative estimate of drug-likeness (QED) is 0.662. The topological polar surface area (TPSA) is 80.3 Å². The summed E-state index contributed by atoms with van der Waals surface area (Å²) in [4.78, 5) is 29.3. The Hall–Kier alpha value is -3.42. The molecule has 1 saturated heterocycles. The first-order chi connectivity index (χ1) is 16.0. The number of nitrogens with zero attached hydrogens (tertiary/aromatic N) is 2. The molecule has 8 nitrogen and oxygen atoms in total. The molecule has 2 aliphatic heterocycles. The van der Waals surface area contributed by atoms with E-state index in [2.05, 4.69) is 10.2 Å². The molecule has 2 aromatic carbocycles. The van der Waals surface area contributed by atoms with E-state index in [4.69, 9.17) is 14.2 Å². The summed E-state index contributed by atoms with van der Waals surface area (Å²) in [6, 6.07) is 13.6. The molecule has 0 radical (unpaired) electrons. The van der Waals surface area contributed by atoms with E-state index in [1.165, 1.54) is 0 Å². The van der Waals surface area contributed by atoms with Crippen LogP contribution in [-0.2, 0) is 16.1 Å². The Morgan fingerprint density at radius 1 is 1.03 bits per heavy atom. The number of para-hydroxylation sites is 2. The van der Waals surface area contributed by atoms with Crippen molar-refractivity contribution in [2.75, 3.05) is 45.0 Å². The molecule has 0 saturated carbocycles. The van der Waals surface area contributed by atoms with Gasteiger partial charge in [-0.2, -0.15) is 0 Å². The minimum absolute atomic E-state index is 0.0264. The summed E-state index contributed by atoms with van der Waals surface area (Å²) in [5.74, 6) is 2.28.